The number of amidine groups is 1. The van der Waals surface area contributed by atoms with E-state index < -0.39 is 0 Å². The van der Waals surface area contributed by atoms with Crippen LogP contribution in [0, 0.1) is 5.92 Å². The first-order chi connectivity index (χ1) is 14.0. The Morgan fingerprint density at radius 3 is 2.55 bits per heavy atom. The summed E-state index contributed by atoms with van der Waals surface area (Å²) in [6.45, 7) is 7.24. The molecule has 2 aromatic carbocycles. The number of carbonyl (C=O) groups excluding carboxylic acids is 1. The van der Waals surface area contributed by atoms with Crippen molar-refractivity contribution >= 4 is 34.6 Å². The molecule has 1 aliphatic heterocycles. The summed E-state index contributed by atoms with van der Waals surface area (Å²) in [5.41, 5.74) is 1.64. The van der Waals surface area contributed by atoms with Crippen LogP contribution >= 0.6 is 11.8 Å². The van der Waals surface area contributed by atoms with E-state index in [4.69, 9.17) is 14.5 Å². The monoisotopic (exact) mass is 410 g/mol. The molecule has 1 saturated heterocycles. The first kappa shape index (κ1) is 21.0. The van der Waals surface area contributed by atoms with Gasteiger partial charge in [-0.3, -0.25) is 9.69 Å². The van der Waals surface area contributed by atoms with Gasteiger partial charge in [-0.25, -0.2) is 4.99 Å². The second-order valence-corrected chi connectivity index (χ2v) is 7.97. The lowest BCUT2D eigenvalue weighted by atomic mass is 10.1. The molecule has 0 radical (unpaired) electrons. The van der Waals surface area contributed by atoms with Gasteiger partial charge in [-0.1, -0.05) is 44.2 Å². The summed E-state index contributed by atoms with van der Waals surface area (Å²) in [6.07, 6.45) is 1.86. The third kappa shape index (κ3) is 5.01. The predicted octanol–water partition coefficient (Wildman–Crippen LogP) is 5.35. The van der Waals surface area contributed by atoms with Crippen molar-refractivity contribution in [3.8, 4) is 11.5 Å². The van der Waals surface area contributed by atoms with Gasteiger partial charge in [0, 0.05) is 12.1 Å². The van der Waals surface area contributed by atoms with E-state index in [0.29, 0.717) is 40.6 Å². The lowest BCUT2D eigenvalue weighted by molar-refractivity contribution is -0.122. The van der Waals surface area contributed by atoms with E-state index in [1.165, 1.54) is 11.8 Å². The molecule has 152 valence electrons. The highest BCUT2D eigenvalue weighted by molar-refractivity contribution is 8.18. The number of carbonyl (C=O) groups is 1. The molecule has 0 aliphatic carbocycles. The Labute approximate surface area is 176 Å². The highest BCUT2D eigenvalue weighted by atomic mass is 32.2. The minimum absolute atomic E-state index is 0.0383. The summed E-state index contributed by atoms with van der Waals surface area (Å²) in [4.78, 5) is 20.2. The molecule has 3 rings (SSSR count). The van der Waals surface area contributed by atoms with Gasteiger partial charge in [-0.2, -0.15) is 0 Å². The maximum absolute atomic E-state index is 13.2. The number of aliphatic imine (C=N–C) groups is 1. The number of methoxy groups -OCH3 is 1. The minimum atomic E-state index is -0.0383. The Morgan fingerprint density at radius 2 is 1.90 bits per heavy atom. The van der Waals surface area contributed by atoms with Crippen LogP contribution in [0.5, 0.6) is 11.5 Å². The van der Waals surface area contributed by atoms with Crippen molar-refractivity contribution < 1.29 is 14.3 Å². The molecule has 0 bridgehead atoms. The van der Waals surface area contributed by atoms with Crippen LogP contribution in [0.3, 0.4) is 0 Å². The minimum Gasteiger partial charge on any atom is -0.493 e. The van der Waals surface area contributed by atoms with Crippen LogP contribution in [0.4, 0.5) is 5.69 Å². The van der Waals surface area contributed by atoms with E-state index >= 15 is 0 Å². The number of para-hydroxylation sites is 2. The summed E-state index contributed by atoms with van der Waals surface area (Å²) >= 11 is 1.39. The number of ether oxygens (including phenoxy) is 2. The fraction of sp³-hybridized carbons (Fsp3) is 0.304. The molecule has 0 aromatic heterocycles. The molecule has 1 heterocycles. The number of benzene rings is 2. The molecule has 6 heteroatoms. The maximum atomic E-state index is 13.2. The summed E-state index contributed by atoms with van der Waals surface area (Å²) in [5.74, 6) is 1.58. The molecule has 1 fully saturated rings. The quantitative estimate of drug-likeness (QED) is 0.577. The average molecular weight is 411 g/mol. The summed E-state index contributed by atoms with van der Waals surface area (Å²) in [7, 11) is 1.61. The lowest BCUT2D eigenvalue weighted by Crippen LogP contribution is -2.32. The van der Waals surface area contributed by atoms with Crippen LogP contribution in [-0.4, -0.2) is 36.2 Å². The van der Waals surface area contributed by atoms with E-state index in [1.54, 1.807) is 12.0 Å². The Kier molecular flexibility index (Phi) is 6.99. The van der Waals surface area contributed by atoms with Crippen molar-refractivity contribution in [3.63, 3.8) is 0 Å². The topological polar surface area (TPSA) is 51.1 Å². The molecule has 1 aliphatic rings. The molecule has 29 heavy (non-hydrogen) atoms. The van der Waals surface area contributed by atoms with Crippen LogP contribution < -0.4 is 9.47 Å². The highest BCUT2D eigenvalue weighted by Crippen LogP contribution is 2.38. The third-order valence-electron chi connectivity index (χ3n) is 4.22. The van der Waals surface area contributed by atoms with Crippen molar-refractivity contribution in [3.05, 3.63) is 59.0 Å². The van der Waals surface area contributed by atoms with Crippen LogP contribution in [0.2, 0.25) is 0 Å². The van der Waals surface area contributed by atoms with Crippen LogP contribution in [0.15, 0.2) is 58.4 Å². The van der Waals surface area contributed by atoms with Gasteiger partial charge in [0.2, 0.25) is 0 Å². The molecular formula is C23H26N2O3S. The van der Waals surface area contributed by atoms with Crippen molar-refractivity contribution in [2.75, 3.05) is 20.3 Å². The molecule has 1 amide bonds. The summed E-state index contributed by atoms with van der Waals surface area (Å²) < 4.78 is 11.2. The van der Waals surface area contributed by atoms with Gasteiger partial charge < -0.3 is 9.47 Å². The first-order valence-electron chi connectivity index (χ1n) is 9.68. The molecule has 0 spiro atoms. The smallest absolute Gasteiger partial charge is 0.266 e. The molecule has 0 atom stereocenters. The van der Waals surface area contributed by atoms with Gasteiger partial charge in [-0.15, -0.1) is 0 Å². The number of nitrogens with zero attached hydrogens (tertiary/aromatic N) is 2. The number of thioether (sulfide) groups is 1. The second-order valence-electron chi connectivity index (χ2n) is 6.96. The third-order valence-corrected chi connectivity index (χ3v) is 5.23. The Morgan fingerprint density at radius 1 is 1.14 bits per heavy atom. The van der Waals surface area contributed by atoms with E-state index in [9.17, 15) is 4.79 Å². The van der Waals surface area contributed by atoms with Crippen LogP contribution in [0.1, 0.15) is 26.3 Å². The predicted molar refractivity (Wildman–Crippen MR) is 120 cm³/mol. The molecule has 0 unspecified atom stereocenters. The normalized spacial score (nSPS) is 16.9. The van der Waals surface area contributed by atoms with Crippen molar-refractivity contribution in [2.45, 2.75) is 20.8 Å². The second kappa shape index (κ2) is 9.65. The zero-order chi connectivity index (χ0) is 20.8. The number of hydrogen-bond acceptors (Lipinski definition) is 5. The van der Waals surface area contributed by atoms with E-state index in [2.05, 4.69) is 13.8 Å². The molecular weight excluding hydrogens is 384 g/mol. The molecule has 0 N–H and O–H groups in total. The fourth-order valence-corrected chi connectivity index (χ4v) is 3.98. The van der Waals surface area contributed by atoms with Gasteiger partial charge in [-0.05, 0) is 48.9 Å². The lowest BCUT2D eigenvalue weighted by Gasteiger charge is -2.17. The SMILES string of the molecule is CCOc1c(/C=C2/SC(=Nc3ccccc3)N(CC(C)C)C2=O)cccc1OC. The molecule has 2 aromatic rings. The zero-order valence-electron chi connectivity index (χ0n) is 17.2. The van der Waals surface area contributed by atoms with Crippen LogP contribution in [-0.2, 0) is 4.79 Å². The molecule has 5 nitrogen and oxygen atoms in total. The van der Waals surface area contributed by atoms with Crippen molar-refractivity contribution in [1.29, 1.82) is 0 Å². The Hall–Kier alpha value is -2.73. The van der Waals surface area contributed by atoms with Gasteiger partial charge >= 0.3 is 0 Å². The van der Waals surface area contributed by atoms with Crippen molar-refractivity contribution in [1.82, 2.24) is 4.90 Å². The van der Waals surface area contributed by atoms with Crippen LogP contribution in [0.25, 0.3) is 6.08 Å². The van der Waals surface area contributed by atoms with Gasteiger partial charge in [0.05, 0.1) is 24.3 Å². The average Bonchev–Trinajstić information content (AvgIpc) is 2.98. The Bertz CT molecular complexity index is 923. The van der Waals surface area contributed by atoms with E-state index in [-0.39, 0.29) is 5.91 Å². The summed E-state index contributed by atoms with van der Waals surface area (Å²) in [6, 6.07) is 15.4. The largest absolute Gasteiger partial charge is 0.493 e. The molecule has 0 saturated carbocycles. The highest BCUT2D eigenvalue weighted by Gasteiger charge is 2.34. The van der Waals surface area contributed by atoms with E-state index in [1.807, 2.05) is 61.5 Å². The van der Waals surface area contributed by atoms with Gasteiger partial charge in [0.25, 0.3) is 5.91 Å². The van der Waals surface area contributed by atoms with Gasteiger partial charge in [0.15, 0.2) is 16.7 Å². The summed E-state index contributed by atoms with van der Waals surface area (Å²) in [5, 5.41) is 0.696. The van der Waals surface area contributed by atoms with Gasteiger partial charge in [0.1, 0.15) is 0 Å². The maximum Gasteiger partial charge on any atom is 0.266 e. The zero-order valence-corrected chi connectivity index (χ0v) is 18.0. The number of rotatable bonds is 7. The Balaban J connectivity index is 2.00. The fourth-order valence-electron chi connectivity index (χ4n) is 2.98. The number of amides is 1. The van der Waals surface area contributed by atoms with Crippen molar-refractivity contribution in [2.24, 2.45) is 10.9 Å². The standard InChI is InChI=1S/C23H26N2O3S/c1-5-28-21-17(10-9-13-19(21)27-4)14-20-22(26)25(15-16(2)3)23(29-20)24-18-11-7-6-8-12-18/h6-14,16H,5,15H2,1-4H3/b20-14+,24-23?. The first-order valence-corrected chi connectivity index (χ1v) is 10.5. The number of hydrogen-bond donors (Lipinski definition) is 0. The van der Waals surface area contributed by atoms with E-state index in [0.717, 1.165) is 11.3 Å².